The molecule has 0 radical (unpaired) electrons. The fourth-order valence-corrected chi connectivity index (χ4v) is 3.17. The third kappa shape index (κ3) is 3.82. The van der Waals surface area contributed by atoms with E-state index in [4.69, 9.17) is 51.1 Å². The lowest BCUT2D eigenvalue weighted by molar-refractivity contribution is 0.0461. The molecular formula is C15H6BrCl4N3O3. The molecule has 0 fully saturated rings. The highest BCUT2D eigenvalue weighted by atomic mass is 79.9. The molecule has 3 heterocycles. The van der Waals surface area contributed by atoms with Gasteiger partial charge in [-0.15, -0.1) is 0 Å². The molecule has 0 aliphatic carbocycles. The van der Waals surface area contributed by atoms with Gasteiger partial charge in [0.2, 0.25) is 0 Å². The van der Waals surface area contributed by atoms with Crippen molar-refractivity contribution in [2.75, 3.05) is 0 Å². The number of pyridine rings is 2. The first-order valence-electron chi connectivity index (χ1n) is 6.83. The highest BCUT2D eigenvalue weighted by molar-refractivity contribution is 9.10. The van der Waals surface area contributed by atoms with E-state index >= 15 is 0 Å². The minimum absolute atomic E-state index is 0.0646. The molecule has 134 valence electrons. The largest absolute Gasteiger partial charge is 0.454 e. The highest BCUT2D eigenvalue weighted by Gasteiger charge is 2.21. The molecule has 0 N–H and O–H groups in total. The van der Waals surface area contributed by atoms with Gasteiger partial charge in [0.1, 0.15) is 17.4 Å². The Bertz CT molecular complexity index is 1100. The van der Waals surface area contributed by atoms with E-state index in [1.807, 2.05) is 0 Å². The highest BCUT2D eigenvalue weighted by Crippen LogP contribution is 2.36. The van der Waals surface area contributed by atoms with Crippen molar-refractivity contribution < 1.29 is 9.53 Å². The summed E-state index contributed by atoms with van der Waals surface area (Å²) in [6.45, 7) is -0.267. The molecule has 0 atom stereocenters. The van der Waals surface area contributed by atoms with Crippen LogP contribution in [0.2, 0.25) is 20.2 Å². The van der Waals surface area contributed by atoms with Crippen molar-refractivity contribution in [2.24, 2.45) is 0 Å². The average molecular weight is 498 g/mol. The van der Waals surface area contributed by atoms with Gasteiger partial charge in [0, 0.05) is 16.7 Å². The standard InChI is InChI=1S/C15H6BrCl4N3O3/c16-6-1-2-8-21-7(3-9(24)23(8)4-6)5-26-15(25)13-11(18)10(17)12(19)14(20)22-13/h1-4H,5H2. The van der Waals surface area contributed by atoms with Crippen LogP contribution in [0, 0.1) is 0 Å². The molecule has 3 aromatic rings. The predicted octanol–water partition coefficient (Wildman–Crippen LogP) is 4.82. The van der Waals surface area contributed by atoms with Crippen LogP contribution in [0.25, 0.3) is 5.65 Å². The van der Waals surface area contributed by atoms with Crippen molar-refractivity contribution in [1.29, 1.82) is 0 Å². The number of fused-ring (bicyclic) bond motifs is 1. The van der Waals surface area contributed by atoms with E-state index in [9.17, 15) is 9.59 Å². The molecule has 0 aliphatic rings. The third-order valence-electron chi connectivity index (χ3n) is 3.21. The Morgan fingerprint density at radius 3 is 2.58 bits per heavy atom. The molecule has 0 amide bonds. The Kier molecular flexibility index (Phi) is 5.74. The van der Waals surface area contributed by atoms with Crippen LogP contribution in [0.4, 0.5) is 0 Å². The number of aromatic nitrogens is 3. The van der Waals surface area contributed by atoms with E-state index in [1.54, 1.807) is 18.3 Å². The van der Waals surface area contributed by atoms with E-state index in [2.05, 4.69) is 25.9 Å². The SMILES string of the molecule is O=C(OCc1cc(=O)n2cc(Br)ccc2n1)c1nc(Cl)c(Cl)c(Cl)c1Cl. The second-order valence-corrected chi connectivity index (χ2v) is 7.34. The molecular weight excluding hydrogens is 492 g/mol. The van der Waals surface area contributed by atoms with E-state index < -0.39 is 5.97 Å². The first-order chi connectivity index (χ1) is 12.3. The number of carbonyl (C=O) groups is 1. The van der Waals surface area contributed by atoms with E-state index in [1.165, 1.54) is 10.5 Å². The van der Waals surface area contributed by atoms with Crippen molar-refractivity contribution in [3.8, 4) is 0 Å². The smallest absolute Gasteiger partial charge is 0.359 e. The molecule has 26 heavy (non-hydrogen) atoms. The molecule has 0 unspecified atom stereocenters. The zero-order valence-corrected chi connectivity index (χ0v) is 17.1. The normalized spacial score (nSPS) is 11.0. The van der Waals surface area contributed by atoms with Crippen molar-refractivity contribution in [3.63, 3.8) is 0 Å². The lowest BCUT2D eigenvalue weighted by Crippen LogP contribution is -2.17. The van der Waals surface area contributed by atoms with Gasteiger partial charge in [-0.1, -0.05) is 46.4 Å². The molecule has 6 nitrogen and oxygen atoms in total. The first-order valence-corrected chi connectivity index (χ1v) is 9.13. The van der Waals surface area contributed by atoms with Crippen LogP contribution < -0.4 is 5.56 Å². The molecule has 3 rings (SSSR count). The summed E-state index contributed by atoms with van der Waals surface area (Å²) in [5, 5.41) is -0.527. The van der Waals surface area contributed by atoms with Gasteiger partial charge in [-0.05, 0) is 28.1 Å². The number of nitrogens with zero attached hydrogens (tertiary/aromatic N) is 3. The Balaban J connectivity index is 1.86. The van der Waals surface area contributed by atoms with E-state index in [0.29, 0.717) is 5.65 Å². The van der Waals surface area contributed by atoms with Gasteiger partial charge in [0.15, 0.2) is 5.69 Å². The van der Waals surface area contributed by atoms with Crippen LogP contribution in [-0.4, -0.2) is 20.3 Å². The van der Waals surface area contributed by atoms with Crippen molar-refractivity contribution in [1.82, 2.24) is 14.4 Å². The maximum atomic E-state index is 12.2. The van der Waals surface area contributed by atoms with Crippen LogP contribution in [0.5, 0.6) is 0 Å². The molecule has 0 aliphatic heterocycles. The Hall–Kier alpha value is -1.38. The lowest BCUT2D eigenvalue weighted by Gasteiger charge is -2.09. The average Bonchev–Trinajstić information content (AvgIpc) is 2.61. The van der Waals surface area contributed by atoms with Gasteiger partial charge in [-0.25, -0.2) is 14.8 Å². The van der Waals surface area contributed by atoms with Gasteiger partial charge in [-0.3, -0.25) is 9.20 Å². The topological polar surface area (TPSA) is 73.6 Å². The van der Waals surface area contributed by atoms with Gasteiger partial charge >= 0.3 is 5.97 Å². The molecule has 0 spiro atoms. The fraction of sp³-hybridized carbons (Fsp3) is 0.0667. The minimum atomic E-state index is -0.881. The number of rotatable bonds is 3. The summed E-state index contributed by atoms with van der Waals surface area (Å²) in [5.74, 6) is -0.881. The Morgan fingerprint density at radius 2 is 1.85 bits per heavy atom. The number of halogens is 5. The number of hydrogen-bond donors (Lipinski definition) is 0. The summed E-state index contributed by atoms with van der Waals surface area (Å²) in [5.41, 5.74) is 0.0528. The van der Waals surface area contributed by atoms with Crippen LogP contribution in [0.15, 0.2) is 33.7 Å². The number of esters is 1. The summed E-state index contributed by atoms with van der Waals surface area (Å²) in [4.78, 5) is 32.4. The molecule has 0 aromatic carbocycles. The van der Waals surface area contributed by atoms with Crippen molar-refractivity contribution >= 4 is 74.0 Å². The Labute approximate surface area is 174 Å². The summed E-state index contributed by atoms with van der Waals surface area (Å²) in [6.07, 6.45) is 1.59. The first kappa shape index (κ1) is 19.4. The van der Waals surface area contributed by atoms with Crippen LogP contribution in [0.1, 0.15) is 16.2 Å². The maximum Gasteiger partial charge on any atom is 0.359 e. The zero-order chi connectivity index (χ0) is 19.0. The van der Waals surface area contributed by atoms with Gasteiger partial charge < -0.3 is 4.74 Å². The molecule has 0 saturated heterocycles. The lowest BCUT2D eigenvalue weighted by atomic mass is 10.3. The van der Waals surface area contributed by atoms with Crippen LogP contribution in [-0.2, 0) is 11.3 Å². The van der Waals surface area contributed by atoms with Crippen molar-refractivity contribution in [3.05, 3.63) is 70.8 Å². The van der Waals surface area contributed by atoms with Gasteiger partial charge in [0.25, 0.3) is 5.56 Å². The van der Waals surface area contributed by atoms with E-state index in [-0.39, 0.29) is 43.8 Å². The summed E-state index contributed by atoms with van der Waals surface area (Å²) >= 11 is 26.7. The monoisotopic (exact) mass is 495 g/mol. The van der Waals surface area contributed by atoms with Crippen LogP contribution in [0.3, 0.4) is 0 Å². The van der Waals surface area contributed by atoms with Crippen molar-refractivity contribution in [2.45, 2.75) is 6.61 Å². The minimum Gasteiger partial charge on any atom is -0.454 e. The Morgan fingerprint density at radius 1 is 1.12 bits per heavy atom. The number of hydrogen-bond acceptors (Lipinski definition) is 5. The third-order valence-corrected chi connectivity index (χ3v) is 5.35. The maximum absolute atomic E-state index is 12.2. The summed E-state index contributed by atoms with van der Waals surface area (Å²) < 4.78 is 7.19. The quantitative estimate of drug-likeness (QED) is 0.383. The fourth-order valence-electron chi connectivity index (χ4n) is 2.03. The molecule has 0 saturated carbocycles. The number of ether oxygens (including phenoxy) is 1. The van der Waals surface area contributed by atoms with Gasteiger partial charge in [-0.2, -0.15) is 0 Å². The summed E-state index contributed by atoms with van der Waals surface area (Å²) in [6, 6.07) is 4.64. The predicted molar refractivity (Wildman–Crippen MR) is 103 cm³/mol. The van der Waals surface area contributed by atoms with E-state index in [0.717, 1.165) is 4.47 Å². The second-order valence-electron chi connectivity index (χ2n) is 4.93. The molecule has 11 heteroatoms. The second kappa shape index (κ2) is 7.70. The summed E-state index contributed by atoms with van der Waals surface area (Å²) in [7, 11) is 0. The van der Waals surface area contributed by atoms with Gasteiger partial charge in [0.05, 0.1) is 20.8 Å². The molecule has 0 bridgehead atoms. The molecule has 3 aromatic heterocycles. The number of carbonyl (C=O) groups excluding carboxylic acids is 1. The zero-order valence-electron chi connectivity index (χ0n) is 12.5. The van der Waals surface area contributed by atoms with Crippen LogP contribution >= 0.6 is 62.3 Å².